The lowest BCUT2D eigenvalue weighted by atomic mass is 10.3. The molecule has 0 aliphatic rings. The van der Waals surface area contributed by atoms with E-state index in [1.807, 2.05) is 0 Å². The van der Waals surface area contributed by atoms with Gasteiger partial charge in [0.2, 0.25) is 0 Å². The van der Waals surface area contributed by atoms with E-state index in [-0.39, 0.29) is 22.7 Å². The van der Waals surface area contributed by atoms with Gasteiger partial charge in [0.05, 0.1) is 25.2 Å². The fourth-order valence-electron chi connectivity index (χ4n) is 0.938. The van der Waals surface area contributed by atoms with E-state index in [0.717, 1.165) is 0 Å². The van der Waals surface area contributed by atoms with Crippen LogP contribution in [0.2, 0.25) is 0 Å². The molecule has 0 saturated heterocycles. The van der Waals surface area contributed by atoms with Crippen molar-refractivity contribution in [3.63, 3.8) is 0 Å². The molecule has 0 radical (unpaired) electrons. The third-order valence-corrected chi connectivity index (χ3v) is 1.58. The van der Waals surface area contributed by atoms with Crippen LogP contribution in [-0.2, 0) is 0 Å². The number of methoxy groups -OCH3 is 2. The molecule has 0 fully saturated rings. The lowest BCUT2D eigenvalue weighted by Gasteiger charge is -2.05. The molecule has 0 heterocycles. The minimum Gasteiger partial charge on any atom is -1.00 e. The summed E-state index contributed by atoms with van der Waals surface area (Å²) in [7, 11) is 2.91. The molecule has 0 N–H and O–H groups in total. The molecule has 5 nitrogen and oxygen atoms in total. The zero-order valence-electron chi connectivity index (χ0n) is 7.69. The molecule has 1 aromatic carbocycles. The maximum Gasteiger partial charge on any atom is 0.273 e. The molecule has 0 unspecified atom stereocenters. The van der Waals surface area contributed by atoms with Crippen molar-refractivity contribution in [2.24, 2.45) is 0 Å². The third kappa shape index (κ3) is 2.59. The van der Waals surface area contributed by atoms with Crippen LogP contribution in [0.1, 0.15) is 0 Å². The average Bonchev–Trinajstić information content (AvgIpc) is 2.16. The lowest BCUT2D eigenvalue weighted by molar-refractivity contribution is -0.384. The van der Waals surface area contributed by atoms with Gasteiger partial charge in [-0.3, -0.25) is 10.1 Å². The molecule has 1 rings (SSSR count). The van der Waals surface area contributed by atoms with Crippen molar-refractivity contribution in [2.45, 2.75) is 0 Å². The molecule has 6 heteroatoms. The van der Waals surface area contributed by atoms with Gasteiger partial charge in [-0.15, -0.1) is 0 Å². The Hall–Kier alpha value is -1.30. The topological polar surface area (TPSA) is 61.6 Å². The number of hydrogen-bond acceptors (Lipinski definition) is 4. The highest BCUT2D eigenvalue weighted by atomic mass is 79.9. The van der Waals surface area contributed by atoms with E-state index in [9.17, 15) is 10.1 Å². The highest BCUT2D eigenvalue weighted by molar-refractivity contribution is 5.48. The number of nitrogens with zero attached hydrogens (tertiary/aromatic N) is 1. The quantitative estimate of drug-likeness (QED) is 0.498. The number of nitro benzene ring substituents is 1. The Bertz CT molecular complexity index is 329. The number of benzene rings is 1. The Kier molecular flexibility index (Phi) is 4.93. The van der Waals surface area contributed by atoms with Gasteiger partial charge < -0.3 is 26.5 Å². The predicted molar refractivity (Wildman–Crippen MR) is 46.2 cm³/mol. The molecule has 0 aromatic heterocycles. The number of ether oxygens (including phenoxy) is 2. The number of rotatable bonds is 3. The van der Waals surface area contributed by atoms with E-state index in [4.69, 9.17) is 9.47 Å². The van der Waals surface area contributed by atoms with Crippen LogP contribution in [0, 0.1) is 10.1 Å². The fourth-order valence-corrected chi connectivity index (χ4v) is 0.938. The van der Waals surface area contributed by atoms with Crippen molar-refractivity contribution in [1.29, 1.82) is 0 Å². The third-order valence-electron chi connectivity index (χ3n) is 1.58. The van der Waals surface area contributed by atoms with Crippen molar-refractivity contribution < 1.29 is 31.4 Å². The number of hydrogen-bond donors (Lipinski definition) is 0. The first-order chi connectivity index (χ1) is 6.19. The Labute approximate surface area is 91.6 Å². The maximum absolute atomic E-state index is 10.4. The molecular formula is C8H9BrNO4-. The smallest absolute Gasteiger partial charge is 0.273 e. The highest BCUT2D eigenvalue weighted by Crippen LogP contribution is 2.30. The van der Waals surface area contributed by atoms with Crippen LogP contribution in [0.4, 0.5) is 5.69 Å². The summed E-state index contributed by atoms with van der Waals surface area (Å²) in [6, 6.07) is 4.18. The van der Waals surface area contributed by atoms with Gasteiger partial charge in [0, 0.05) is 6.07 Å². The van der Waals surface area contributed by atoms with Crippen molar-refractivity contribution >= 4 is 5.69 Å². The van der Waals surface area contributed by atoms with Crippen LogP contribution < -0.4 is 26.5 Å². The molecule has 14 heavy (non-hydrogen) atoms. The summed E-state index contributed by atoms with van der Waals surface area (Å²) >= 11 is 0. The first-order valence-electron chi connectivity index (χ1n) is 3.55. The zero-order chi connectivity index (χ0) is 9.84. The normalized spacial score (nSPS) is 8.71. The van der Waals surface area contributed by atoms with E-state index in [0.29, 0.717) is 11.5 Å². The van der Waals surface area contributed by atoms with Crippen molar-refractivity contribution in [2.75, 3.05) is 14.2 Å². The van der Waals surface area contributed by atoms with Gasteiger partial charge >= 0.3 is 0 Å². The van der Waals surface area contributed by atoms with Crippen LogP contribution in [0.25, 0.3) is 0 Å². The van der Waals surface area contributed by atoms with E-state index in [1.54, 1.807) is 0 Å². The number of halogens is 1. The first-order valence-corrected chi connectivity index (χ1v) is 3.55. The van der Waals surface area contributed by atoms with E-state index < -0.39 is 4.92 Å². The summed E-state index contributed by atoms with van der Waals surface area (Å²) in [4.78, 5) is 9.89. The second-order valence-corrected chi connectivity index (χ2v) is 2.30. The van der Waals surface area contributed by atoms with Crippen molar-refractivity contribution in [3.8, 4) is 11.5 Å². The predicted octanol–water partition coefficient (Wildman–Crippen LogP) is -1.38. The summed E-state index contributed by atoms with van der Waals surface area (Å²) in [5.41, 5.74) is -0.0161. The Morgan fingerprint density at radius 2 is 1.79 bits per heavy atom. The zero-order valence-corrected chi connectivity index (χ0v) is 9.28. The van der Waals surface area contributed by atoms with Gasteiger partial charge in [0.1, 0.15) is 0 Å². The fraction of sp³-hybridized carbons (Fsp3) is 0.250. The second-order valence-electron chi connectivity index (χ2n) is 2.30. The number of nitro groups is 1. The van der Waals surface area contributed by atoms with E-state index in [1.165, 1.54) is 32.4 Å². The molecule has 0 atom stereocenters. The van der Waals surface area contributed by atoms with Gasteiger partial charge in [0.25, 0.3) is 5.69 Å². The molecule has 0 spiro atoms. The maximum atomic E-state index is 10.4. The van der Waals surface area contributed by atoms with E-state index in [2.05, 4.69) is 0 Å². The molecule has 1 aromatic rings. The molecular weight excluding hydrogens is 254 g/mol. The monoisotopic (exact) mass is 262 g/mol. The molecule has 0 aliphatic carbocycles. The summed E-state index contributed by atoms with van der Waals surface area (Å²) < 4.78 is 9.82. The molecule has 0 saturated carbocycles. The summed E-state index contributed by atoms with van der Waals surface area (Å²) in [6.07, 6.45) is 0. The molecule has 0 aliphatic heterocycles. The SMILES string of the molecule is COc1ccc([N+](=O)[O-])cc1OC.[Br-]. The average molecular weight is 263 g/mol. The summed E-state index contributed by atoms with van der Waals surface area (Å²) in [5, 5.41) is 10.4. The van der Waals surface area contributed by atoms with Crippen LogP contribution in [0.3, 0.4) is 0 Å². The van der Waals surface area contributed by atoms with Crippen LogP contribution >= 0.6 is 0 Å². The van der Waals surface area contributed by atoms with Crippen molar-refractivity contribution in [3.05, 3.63) is 28.3 Å². The Morgan fingerprint density at radius 1 is 1.21 bits per heavy atom. The van der Waals surface area contributed by atoms with Gasteiger partial charge in [-0.2, -0.15) is 0 Å². The summed E-state index contributed by atoms with van der Waals surface area (Å²) in [6.45, 7) is 0. The van der Waals surface area contributed by atoms with Crippen LogP contribution in [-0.4, -0.2) is 19.1 Å². The molecule has 78 valence electrons. The standard InChI is InChI=1S/C8H9NO4.BrH/c1-12-7-4-3-6(9(10)11)5-8(7)13-2;/h3-5H,1-2H3;1H/p-1. The first kappa shape index (κ1) is 12.7. The van der Waals surface area contributed by atoms with Crippen molar-refractivity contribution in [1.82, 2.24) is 0 Å². The largest absolute Gasteiger partial charge is 1.00 e. The number of non-ortho nitro benzene ring substituents is 1. The van der Waals surface area contributed by atoms with Gasteiger partial charge in [-0.1, -0.05) is 0 Å². The van der Waals surface area contributed by atoms with Gasteiger partial charge in [-0.25, -0.2) is 0 Å². The van der Waals surface area contributed by atoms with Gasteiger partial charge in [-0.05, 0) is 6.07 Å². The second kappa shape index (κ2) is 5.43. The van der Waals surface area contributed by atoms with Crippen LogP contribution in [0.5, 0.6) is 11.5 Å². The highest BCUT2D eigenvalue weighted by Gasteiger charge is 2.10. The molecule has 0 amide bonds. The minimum atomic E-state index is -0.484. The molecule has 0 bridgehead atoms. The Morgan fingerprint density at radius 3 is 2.21 bits per heavy atom. The van der Waals surface area contributed by atoms with Gasteiger partial charge in [0.15, 0.2) is 11.5 Å². The van der Waals surface area contributed by atoms with Crippen LogP contribution in [0.15, 0.2) is 18.2 Å². The minimum absolute atomic E-state index is 0. The summed E-state index contributed by atoms with van der Waals surface area (Å²) in [5.74, 6) is 0.838. The lowest BCUT2D eigenvalue weighted by Crippen LogP contribution is -3.00. The van der Waals surface area contributed by atoms with E-state index >= 15 is 0 Å². The Balaban J connectivity index is 0.00000169.